The van der Waals surface area contributed by atoms with Gasteiger partial charge in [-0.1, -0.05) is 24.3 Å². The number of fused-ring (bicyclic) bond motifs is 1. The van der Waals surface area contributed by atoms with Crippen LogP contribution in [0.5, 0.6) is 0 Å². The maximum atomic E-state index is 13.6. The Hall–Kier alpha value is -1.72. The molecule has 5 heteroatoms. The molecule has 3 rings (SSSR count). The lowest BCUT2D eigenvalue weighted by atomic mass is 9.94. The number of aliphatic hydroxyl groups is 1. The fourth-order valence-electron chi connectivity index (χ4n) is 2.51. The summed E-state index contributed by atoms with van der Waals surface area (Å²) < 4.78 is 13.8. The summed E-state index contributed by atoms with van der Waals surface area (Å²) in [5, 5.41) is 13.2. The molecule has 0 spiro atoms. The second-order valence-electron chi connectivity index (χ2n) is 4.97. The topological polar surface area (TPSA) is 49.3 Å². The summed E-state index contributed by atoms with van der Waals surface area (Å²) in [6.45, 7) is 0.628. The standard InChI is InChI=1S/C16H13BrFNO2/c17-14-11(2-1-3-13(14)18)15(20)10-5-4-9-6-7-19-16(21)12(9)8-10/h1-5,8,15,20H,6-7H2,(H,19,21). The Morgan fingerprint density at radius 2 is 2.10 bits per heavy atom. The first-order valence-corrected chi connectivity index (χ1v) is 7.40. The SMILES string of the molecule is O=C1NCCc2ccc(C(O)c3cccc(F)c3Br)cc21. The average Bonchev–Trinajstić information content (AvgIpc) is 2.49. The number of benzene rings is 2. The monoisotopic (exact) mass is 349 g/mol. The molecule has 0 saturated carbocycles. The normalized spacial score (nSPS) is 15.3. The molecule has 1 amide bonds. The summed E-state index contributed by atoms with van der Waals surface area (Å²) in [6.07, 6.45) is -0.212. The highest BCUT2D eigenvalue weighted by atomic mass is 79.9. The van der Waals surface area contributed by atoms with Gasteiger partial charge in [0.2, 0.25) is 0 Å². The van der Waals surface area contributed by atoms with E-state index in [9.17, 15) is 14.3 Å². The largest absolute Gasteiger partial charge is 0.384 e. The Bertz CT molecular complexity index is 717. The van der Waals surface area contributed by atoms with Crippen molar-refractivity contribution in [2.45, 2.75) is 12.5 Å². The lowest BCUT2D eigenvalue weighted by Gasteiger charge is -2.19. The van der Waals surface area contributed by atoms with E-state index in [-0.39, 0.29) is 10.4 Å². The summed E-state index contributed by atoms with van der Waals surface area (Å²) >= 11 is 3.15. The highest BCUT2D eigenvalue weighted by Gasteiger charge is 2.21. The maximum absolute atomic E-state index is 13.6. The first-order chi connectivity index (χ1) is 10.1. The molecule has 0 aromatic heterocycles. The van der Waals surface area contributed by atoms with E-state index in [4.69, 9.17) is 0 Å². The fraction of sp³-hybridized carbons (Fsp3) is 0.188. The molecule has 21 heavy (non-hydrogen) atoms. The first-order valence-electron chi connectivity index (χ1n) is 6.61. The smallest absolute Gasteiger partial charge is 0.251 e. The van der Waals surface area contributed by atoms with Gasteiger partial charge in [-0.25, -0.2) is 4.39 Å². The highest BCUT2D eigenvalue weighted by Crippen LogP contribution is 2.31. The van der Waals surface area contributed by atoms with E-state index in [1.165, 1.54) is 6.07 Å². The number of carbonyl (C=O) groups excluding carboxylic acids is 1. The number of halogens is 2. The van der Waals surface area contributed by atoms with Crippen LogP contribution in [-0.2, 0) is 6.42 Å². The van der Waals surface area contributed by atoms with Gasteiger partial charge in [-0.05, 0) is 45.6 Å². The first kappa shape index (κ1) is 14.2. The van der Waals surface area contributed by atoms with Gasteiger partial charge in [-0.2, -0.15) is 0 Å². The van der Waals surface area contributed by atoms with E-state index in [2.05, 4.69) is 21.2 Å². The molecule has 0 saturated heterocycles. The van der Waals surface area contributed by atoms with Crippen molar-refractivity contribution in [2.24, 2.45) is 0 Å². The number of rotatable bonds is 2. The second kappa shape index (κ2) is 5.58. The fourth-order valence-corrected chi connectivity index (χ4v) is 2.99. The quantitative estimate of drug-likeness (QED) is 0.875. The van der Waals surface area contributed by atoms with Gasteiger partial charge in [0, 0.05) is 17.7 Å². The van der Waals surface area contributed by atoms with Crippen LogP contribution >= 0.6 is 15.9 Å². The van der Waals surface area contributed by atoms with Crippen LogP contribution in [0, 0.1) is 5.82 Å². The number of hydrogen-bond acceptors (Lipinski definition) is 2. The van der Waals surface area contributed by atoms with E-state index in [0.29, 0.717) is 23.2 Å². The summed E-state index contributed by atoms with van der Waals surface area (Å²) in [5.41, 5.74) is 2.54. The zero-order valence-electron chi connectivity index (χ0n) is 11.1. The van der Waals surface area contributed by atoms with Gasteiger partial charge in [0.15, 0.2) is 0 Å². The molecular weight excluding hydrogens is 337 g/mol. The summed E-state index contributed by atoms with van der Waals surface area (Å²) in [4.78, 5) is 11.9. The second-order valence-corrected chi connectivity index (χ2v) is 5.76. The van der Waals surface area contributed by atoms with Gasteiger partial charge in [0.05, 0.1) is 4.47 Å². The number of nitrogens with one attached hydrogen (secondary N) is 1. The minimum Gasteiger partial charge on any atom is -0.384 e. The molecule has 0 radical (unpaired) electrons. The van der Waals surface area contributed by atoms with Crippen molar-refractivity contribution in [3.05, 3.63) is 68.9 Å². The van der Waals surface area contributed by atoms with Crippen LogP contribution in [0.1, 0.15) is 33.2 Å². The molecule has 0 fully saturated rings. The van der Waals surface area contributed by atoms with E-state index >= 15 is 0 Å². The van der Waals surface area contributed by atoms with E-state index in [1.807, 2.05) is 6.07 Å². The Labute approximate surface area is 129 Å². The van der Waals surface area contributed by atoms with Crippen molar-refractivity contribution in [2.75, 3.05) is 6.54 Å². The molecule has 108 valence electrons. The van der Waals surface area contributed by atoms with Crippen molar-refractivity contribution < 1.29 is 14.3 Å². The van der Waals surface area contributed by atoms with Crippen molar-refractivity contribution in [1.29, 1.82) is 0 Å². The molecule has 2 aromatic rings. The van der Waals surface area contributed by atoms with Gasteiger partial charge in [-0.3, -0.25) is 4.79 Å². The molecular formula is C16H13BrFNO2. The van der Waals surface area contributed by atoms with Crippen molar-refractivity contribution >= 4 is 21.8 Å². The molecule has 1 heterocycles. The Kier molecular flexibility index (Phi) is 3.78. The van der Waals surface area contributed by atoms with Crippen LogP contribution in [0.2, 0.25) is 0 Å². The van der Waals surface area contributed by atoms with Crippen LogP contribution < -0.4 is 5.32 Å². The Balaban J connectivity index is 2.02. The third-order valence-electron chi connectivity index (χ3n) is 3.65. The van der Waals surface area contributed by atoms with Crippen molar-refractivity contribution in [3.8, 4) is 0 Å². The lowest BCUT2D eigenvalue weighted by Crippen LogP contribution is -2.31. The van der Waals surface area contributed by atoms with Gasteiger partial charge < -0.3 is 10.4 Å². The van der Waals surface area contributed by atoms with Crippen molar-refractivity contribution in [1.82, 2.24) is 5.32 Å². The minimum absolute atomic E-state index is 0.136. The minimum atomic E-state index is -0.991. The van der Waals surface area contributed by atoms with Gasteiger partial charge in [0.25, 0.3) is 5.91 Å². The predicted molar refractivity (Wildman–Crippen MR) is 80.6 cm³/mol. The number of aliphatic hydroxyl groups excluding tert-OH is 1. The third-order valence-corrected chi connectivity index (χ3v) is 4.49. The molecule has 2 aromatic carbocycles. The molecule has 0 bridgehead atoms. The van der Waals surface area contributed by atoms with Crippen LogP contribution in [0.15, 0.2) is 40.9 Å². The third kappa shape index (κ3) is 2.59. The van der Waals surface area contributed by atoms with Gasteiger partial charge >= 0.3 is 0 Å². The zero-order valence-corrected chi connectivity index (χ0v) is 12.7. The maximum Gasteiger partial charge on any atom is 0.251 e. The predicted octanol–water partition coefficient (Wildman–Crippen LogP) is 2.96. The number of carbonyl (C=O) groups is 1. The Morgan fingerprint density at radius 3 is 2.90 bits per heavy atom. The molecule has 3 nitrogen and oxygen atoms in total. The van der Waals surface area contributed by atoms with E-state index < -0.39 is 11.9 Å². The molecule has 1 aliphatic heterocycles. The zero-order chi connectivity index (χ0) is 15.0. The van der Waals surface area contributed by atoms with Crippen LogP contribution in [-0.4, -0.2) is 17.6 Å². The molecule has 1 unspecified atom stereocenters. The van der Waals surface area contributed by atoms with E-state index in [1.54, 1.807) is 24.3 Å². The van der Waals surface area contributed by atoms with Crippen LogP contribution in [0.3, 0.4) is 0 Å². The highest BCUT2D eigenvalue weighted by molar-refractivity contribution is 9.10. The lowest BCUT2D eigenvalue weighted by molar-refractivity contribution is 0.0945. The van der Waals surface area contributed by atoms with Gasteiger partial charge in [0.1, 0.15) is 11.9 Å². The van der Waals surface area contributed by atoms with Crippen LogP contribution in [0.4, 0.5) is 4.39 Å². The summed E-state index contributed by atoms with van der Waals surface area (Å²) in [5.74, 6) is -0.564. The average molecular weight is 350 g/mol. The molecule has 1 atom stereocenters. The Morgan fingerprint density at radius 1 is 1.29 bits per heavy atom. The summed E-state index contributed by atoms with van der Waals surface area (Å²) in [6, 6.07) is 9.81. The molecule has 1 aliphatic rings. The molecule has 0 aliphatic carbocycles. The van der Waals surface area contributed by atoms with E-state index in [0.717, 1.165) is 12.0 Å². The molecule has 2 N–H and O–H groups in total. The van der Waals surface area contributed by atoms with Crippen molar-refractivity contribution in [3.63, 3.8) is 0 Å². The number of amides is 1. The van der Waals surface area contributed by atoms with Gasteiger partial charge in [-0.15, -0.1) is 0 Å². The van der Waals surface area contributed by atoms with Crippen LogP contribution in [0.25, 0.3) is 0 Å². The summed E-state index contributed by atoms with van der Waals surface area (Å²) in [7, 11) is 0. The number of hydrogen-bond donors (Lipinski definition) is 2.